The summed E-state index contributed by atoms with van der Waals surface area (Å²) < 4.78 is 1.81. The smallest absolute Gasteiger partial charge is 0.266 e. The molecule has 0 aliphatic heterocycles. The highest BCUT2D eigenvalue weighted by Crippen LogP contribution is 2.22. The maximum Gasteiger partial charge on any atom is 0.266 e. The Morgan fingerprint density at radius 1 is 1.22 bits per heavy atom. The zero-order valence-corrected chi connectivity index (χ0v) is 15.2. The highest BCUT2D eigenvalue weighted by Gasteiger charge is 2.13. The van der Waals surface area contributed by atoms with Gasteiger partial charge in [-0.25, -0.2) is 0 Å². The minimum atomic E-state index is -0.513. The van der Waals surface area contributed by atoms with E-state index >= 15 is 0 Å². The van der Waals surface area contributed by atoms with Crippen molar-refractivity contribution < 1.29 is 9.90 Å². The molecule has 3 aromatic rings. The van der Waals surface area contributed by atoms with E-state index in [1.54, 1.807) is 48.5 Å². The van der Waals surface area contributed by atoms with Crippen molar-refractivity contribution in [1.29, 1.82) is 5.26 Å². The molecule has 1 aromatic heterocycles. The number of hydrogen-bond acceptors (Lipinski definition) is 3. The zero-order valence-electron chi connectivity index (χ0n) is 14.5. The third-order valence-electron chi connectivity index (χ3n) is 4.01. The fourth-order valence-corrected chi connectivity index (χ4v) is 2.75. The first-order valence-corrected chi connectivity index (χ1v) is 8.52. The first-order valence-electron chi connectivity index (χ1n) is 8.14. The van der Waals surface area contributed by atoms with Crippen LogP contribution in [0, 0.1) is 18.3 Å². The van der Waals surface area contributed by atoms with Gasteiger partial charge in [0.2, 0.25) is 0 Å². The molecule has 0 aliphatic carbocycles. The highest BCUT2D eigenvalue weighted by atomic mass is 35.5. The molecule has 0 atom stereocenters. The summed E-state index contributed by atoms with van der Waals surface area (Å²) in [5, 5.41) is 22.1. The molecule has 6 heteroatoms. The highest BCUT2D eigenvalue weighted by molar-refractivity contribution is 6.31. The predicted molar refractivity (Wildman–Crippen MR) is 106 cm³/mol. The van der Waals surface area contributed by atoms with Gasteiger partial charge in [-0.3, -0.25) is 4.79 Å². The number of aromatic hydroxyl groups is 1. The average Bonchev–Trinajstić information content (AvgIpc) is 3.11. The molecular weight excluding hydrogens is 362 g/mol. The summed E-state index contributed by atoms with van der Waals surface area (Å²) in [5.74, 6) is -0.349. The third-order valence-corrected chi connectivity index (χ3v) is 4.25. The van der Waals surface area contributed by atoms with Gasteiger partial charge < -0.3 is 15.0 Å². The number of halogens is 1. The van der Waals surface area contributed by atoms with E-state index in [0.29, 0.717) is 16.4 Å². The molecule has 3 rings (SSSR count). The predicted octanol–water partition coefficient (Wildman–Crippen LogP) is 4.69. The van der Waals surface area contributed by atoms with E-state index in [4.69, 9.17) is 11.6 Å². The number of rotatable bonds is 4. The van der Waals surface area contributed by atoms with Gasteiger partial charge in [0, 0.05) is 28.3 Å². The lowest BCUT2D eigenvalue weighted by Crippen LogP contribution is -2.14. The molecule has 0 unspecified atom stereocenters. The summed E-state index contributed by atoms with van der Waals surface area (Å²) in [6, 6.07) is 17.4. The Labute approximate surface area is 161 Å². The van der Waals surface area contributed by atoms with Crippen LogP contribution in [0.4, 0.5) is 5.69 Å². The van der Waals surface area contributed by atoms with Crippen LogP contribution in [0.15, 0.2) is 66.4 Å². The lowest BCUT2D eigenvalue weighted by atomic mass is 10.1. The number of aryl methyl sites for hydroxylation is 1. The molecule has 0 aliphatic rings. The summed E-state index contributed by atoms with van der Waals surface area (Å²) in [7, 11) is 0. The second-order valence-electron chi connectivity index (χ2n) is 5.90. The number of hydrogen-bond donors (Lipinski definition) is 2. The Morgan fingerprint density at radius 2 is 1.96 bits per heavy atom. The topological polar surface area (TPSA) is 78.0 Å². The van der Waals surface area contributed by atoms with Gasteiger partial charge in [-0.05, 0) is 67.1 Å². The molecule has 2 aromatic carbocycles. The van der Waals surface area contributed by atoms with Crippen molar-refractivity contribution in [1.82, 2.24) is 4.57 Å². The largest absolute Gasteiger partial charge is 0.508 e. The number of benzene rings is 2. The van der Waals surface area contributed by atoms with E-state index < -0.39 is 5.91 Å². The quantitative estimate of drug-likeness (QED) is 0.511. The molecule has 0 saturated carbocycles. The van der Waals surface area contributed by atoms with Crippen molar-refractivity contribution in [3.63, 3.8) is 0 Å². The van der Waals surface area contributed by atoms with Crippen molar-refractivity contribution in [2.75, 3.05) is 5.32 Å². The molecule has 134 valence electrons. The van der Waals surface area contributed by atoms with Crippen LogP contribution in [0.1, 0.15) is 11.3 Å². The number of amides is 1. The lowest BCUT2D eigenvalue weighted by molar-refractivity contribution is -0.112. The molecule has 0 bridgehead atoms. The molecule has 0 spiro atoms. The van der Waals surface area contributed by atoms with Crippen LogP contribution < -0.4 is 5.32 Å². The third kappa shape index (κ3) is 4.20. The first kappa shape index (κ1) is 18.3. The van der Waals surface area contributed by atoms with Crippen molar-refractivity contribution in [3.05, 3.63) is 82.6 Å². The lowest BCUT2D eigenvalue weighted by Gasteiger charge is -2.09. The Morgan fingerprint density at radius 3 is 2.67 bits per heavy atom. The molecule has 0 fully saturated rings. The SMILES string of the molecule is Cc1ccc(Cl)cc1NC(=O)/C(C#N)=C/c1cccn1-c1ccc(O)cc1. The minimum absolute atomic E-state index is 0.0342. The van der Waals surface area contributed by atoms with Crippen LogP contribution in [0.25, 0.3) is 11.8 Å². The Kier molecular flexibility index (Phi) is 5.30. The number of anilines is 1. The van der Waals surface area contributed by atoms with E-state index in [1.807, 2.05) is 29.8 Å². The number of aromatic nitrogens is 1. The Balaban J connectivity index is 1.90. The summed E-state index contributed by atoms with van der Waals surface area (Å²) >= 11 is 5.98. The minimum Gasteiger partial charge on any atom is -0.508 e. The summed E-state index contributed by atoms with van der Waals surface area (Å²) in [5.41, 5.74) is 2.83. The van der Waals surface area contributed by atoms with Crippen LogP contribution in [-0.4, -0.2) is 15.6 Å². The van der Waals surface area contributed by atoms with E-state index in [2.05, 4.69) is 5.32 Å². The molecular formula is C21H16ClN3O2. The summed E-state index contributed by atoms with van der Waals surface area (Å²) in [6.07, 6.45) is 3.33. The monoisotopic (exact) mass is 377 g/mol. The molecule has 27 heavy (non-hydrogen) atoms. The molecule has 1 heterocycles. The fourth-order valence-electron chi connectivity index (χ4n) is 2.58. The maximum absolute atomic E-state index is 12.5. The van der Waals surface area contributed by atoms with Gasteiger partial charge in [-0.15, -0.1) is 0 Å². The number of nitrogens with one attached hydrogen (secondary N) is 1. The van der Waals surface area contributed by atoms with Gasteiger partial charge in [0.1, 0.15) is 17.4 Å². The summed E-state index contributed by atoms with van der Waals surface area (Å²) in [6.45, 7) is 1.84. The van der Waals surface area contributed by atoms with E-state index in [0.717, 1.165) is 11.3 Å². The normalized spacial score (nSPS) is 11.1. The van der Waals surface area contributed by atoms with E-state index in [9.17, 15) is 15.2 Å². The van der Waals surface area contributed by atoms with Gasteiger partial charge in [-0.1, -0.05) is 17.7 Å². The van der Waals surface area contributed by atoms with E-state index in [1.165, 1.54) is 6.08 Å². The van der Waals surface area contributed by atoms with Crippen LogP contribution in [0.3, 0.4) is 0 Å². The molecule has 0 saturated heterocycles. The fraction of sp³-hybridized carbons (Fsp3) is 0.0476. The standard InChI is InChI=1S/C21H16ClN3O2/c1-14-4-5-16(22)12-20(14)24-21(27)15(13-23)11-18-3-2-10-25(18)17-6-8-19(26)9-7-17/h2-12,26H,1H3,(H,24,27)/b15-11+. The number of phenolic OH excluding ortho intramolecular Hbond substituents is 1. The molecule has 1 amide bonds. The number of carbonyl (C=O) groups excluding carboxylic acids is 1. The van der Waals surface area contributed by atoms with Crippen LogP contribution in [0.2, 0.25) is 5.02 Å². The Bertz CT molecular complexity index is 1060. The van der Waals surface area contributed by atoms with Crippen molar-refractivity contribution in [2.45, 2.75) is 6.92 Å². The summed E-state index contributed by atoms with van der Waals surface area (Å²) in [4.78, 5) is 12.5. The Hall–Kier alpha value is -3.49. The van der Waals surface area contributed by atoms with Gasteiger partial charge >= 0.3 is 0 Å². The van der Waals surface area contributed by atoms with Gasteiger partial charge in [0.25, 0.3) is 5.91 Å². The molecule has 5 nitrogen and oxygen atoms in total. The number of nitrogens with zero attached hydrogens (tertiary/aromatic N) is 2. The zero-order chi connectivity index (χ0) is 19.4. The average molecular weight is 378 g/mol. The van der Waals surface area contributed by atoms with Gasteiger partial charge in [0.05, 0.1) is 0 Å². The van der Waals surface area contributed by atoms with Crippen molar-refractivity contribution in [3.8, 4) is 17.5 Å². The van der Waals surface area contributed by atoms with E-state index in [-0.39, 0.29) is 11.3 Å². The van der Waals surface area contributed by atoms with Crippen molar-refractivity contribution in [2.24, 2.45) is 0 Å². The number of phenols is 1. The van der Waals surface area contributed by atoms with Crippen molar-refractivity contribution >= 4 is 29.3 Å². The second-order valence-corrected chi connectivity index (χ2v) is 6.34. The molecule has 2 N–H and O–H groups in total. The number of nitriles is 1. The van der Waals surface area contributed by atoms with Crippen LogP contribution in [0.5, 0.6) is 5.75 Å². The van der Waals surface area contributed by atoms with Gasteiger partial charge in [-0.2, -0.15) is 5.26 Å². The van der Waals surface area contributed by atoms with Crippen LogP contribution >= 0.6 is 11.6 Å². The maximum atomic E-state index is 12.5. The molecule has 0 radical (unpaired) electrons. The number of carbonyl (C=O) groups is 1. The van der Waals surface area contributed by atoms with Crippen LogP contribution in [-0.2, 0) is 4.79 Å². The second kappa shape index (κ2) is 7.81. The first-order chi connectivity index (χ1) is 13.0. The van der Waals surface area contributed by atoms with Gasteiger partial charge in [0.15, 0.2) is 0 Å².